The summed E-state index contributed by atoms with van der Waals surface area (Å²) in [7, 11) is 0. The monoisotopic (exact) mass is 219 g/mol. The van der Waals surface area contributed by atoms with Gasteiger partial charge in [0.15, 0.2) is 11.6 Å². The van der Waals surface area contributed by atoms with E-state index in [1.165, 1.54) is 0 Å². The Morgan fingerprint density at radius 2 is 2.07 bits per heavy atom. The molecular weight excluding hydrogens is 208 g/mol. The van der Waals surface area contributed by atoms with E-state index in [4.69, 9.17) is 10.5 Å². The van der Waals surface area contributed by atoms with E-state index in [1.807, 2.05) is 6.26 Å². The SMILES string of the molecule is CSCCOc1cc(F)c(N)cc1F. The van der Waals surface area contributed by atoms with Crippen LogP contribution in [0.25, 0.3) is 0 Å². The quantitative estimate of drug-likeness (QED) is 0.623. The normalized spacial score (nSPS) is 10.2. The van der Waals surface area contributed by atoms with Crippen molar-refractivity contribution in [2.45, 2.75) is 0 Å². The molecule has 1 aromatic carbocycles. The summed E-state index contributed by atoms with van der Waals surface area (Å²) in [6, 6.07) is 1.88. The molecule has 0 saturated carbocycles. The zero-order valence-electron chi connectivity index (χ0n) is 7.72. The average molecular weight is 219 g/mol. The summed E-state index contributed by atoms with van der Waals surface area (Å²) in [5, 5.41) is 0. The highest BCUT2D eigenvalue weighted by Crippen LogP contribution is 2.22. The molecule has 2 N–H and O–H groups in total. The van der Waals surface area contributed by atoms with E-state index in [9.17, 15) is 8.78 Å². The fourth-order valence-electron chi connectivity index (χ4n) is 0.890. The molecule has 0 radical (unpaired) electrons. The molecule has 0 aliphatic carbocycles. The van der Waals surface area contributed by atoms with E-state index < -0.39 is 11.6 Å². The van der Waals surface area contributed by atoms with E-state index in [-0.39, 0.29) is 11.4 Å². The number of anilines is 1. The molecule has 0 atom stereocenters. The molecule has 0 bridgehead atoms. The second-order valence-corrected chi connectivity index (χ2v) is 3.63. The maximum atomic E-state index is 13.1. The summed E-state index contributed by atoms with van der Waals surface area (Å²) >= 11 is 1.57. The number of ether oxygens (including phenoxy) is 1. The van der Waals surface area contributed by atoms with Crippen LogP contribution in [0.3, 0.4) is 0 Å². The molecule has 14 heavy (non-hydrogen) atoms. The Bertz CT molecular complexity index is 320. The zero-order valence-corrected chi connectivity index (χ0v) is 8.54. The van der Waals surface area contributed by atoms with Crippen molar-refractivity contribution in [1.82, 2.24) is 0 Å². The summed E-state index contributed by atoms with van der Waals surface area (Å²) in [5.41, 5.74) is 4.96. The molecule has 0 unspecified atom stereocenters. The zero-order chi connectivity index (χ0) is 10.6. The Kier molecular flexibility index (Phi) is 4.00. The van der Waals surface area contributed by atoms with Crippen molar-refractivity contribution >= 4 is 17.4 Å². The Morgan fingerprint density at radius 3 is 2.71 bits per heavy atom. The van der Waals surface area contributed by atoms with Crippen LogP contribution in [-0.4, -0.2) is 18.6 Å². The van der Waals surface area contributed by atoms with Gasteiger partial charge in [0.1, 0.15) is 5.82 Å². The second kappa shape index (κ2) is 5.05. The average Bonchev–Trinajstić information content (AvgIpc) is 2.14. The number of hydrogen-bond donors (Lipinski definition) is 1. The van der Waals surface area contributed by atoms with E-state index in [2.05, 4.69) is 0 Å². The van der Waals surface area contributed by atoms with Gasteiger partial charge in [-0.25, -0.2) is 8.78 Å². The lowest BCUT2D eigenvalue weighted by Crippen LogP contribution is -2.03. The molecule has 0 amide bonds. The molecule has 0 aromatic heterocycles. The first-order valence-electron chi connectivity index (χ1n) is 4.01. The maximum Gasteiger partial charge on any atom is 0.167 e. The first-order valence-corrected chi connectivity index (χ1v) is 5.40. The smallest absolute Gasteiger partial charge is 0.167 e. The topological polar surface area (TPSA) is 35.2 Å². The molecule has 0 heterocycles. The van der Waals surface area contributed by atoms with E-state index in [0.717, 1.165) is 17.9 Å². The van der Waals surface area contributed by atoms with Crippen LogP contribution in [0.5, 0.6) is 5.75 Å². The van der Waals surface area contributed by atoms with Gasteiger partial charge in [-0.1, -0.05) is 0 Å². The van der Waals surface area contributed by atoms with Crippen LogP contribution >= 0.6 is 11.8 Å². The van der Waals surface area contributed by atoms with E-state index in [0.29, 0.717) is 6.61 Å². The number of halogens is 2. The third-order valence-electron chi connectivity index (χ3n) is 1.60. The molecular formula is C9H11F2NOS. The lowest BCUT2D eigenvalue weighted by atomic mass is 10.3. The van der Waals surface area contributed by atoms with Crippen molar-refractivity contribution in [1.29, 1.82) is 0 Å². The van der Waals surface area contributed by atoms with Crippen LogP contribution in [0.4, 0.5) is 14.5 Å². The van der Waals surface area contributed by atoms with Gasteiger partial charge in [-0.3, -0.25) is 0 Å². The number of rotatable bonds is 4. The molecule has 5 heteroatoms. The third-order valence-corrected chi connectivity index (χ3v) is 2.17. The molecule has 2 nitrogen and oxygen atoms in total. The summed E-state index contributed by atoms with van der Waals surface area (Å²) in [5.74, 6) is -0.660. The third kappa shape index (κ3) is 2.77. The lowest BCUT2D eigenvalue weighted by Gasteiger charge is -2.07. The molecule has 1 aromatic rings. The highest BCUT2D eigenvalue weighted by atomic mass is 32.2. The minimum absolute atomic E-state index is 0.0919. The molecule has 0 spiro atoms. The fourth-order valence-corrected chi connectivity index (χ4v) is 1.14. The lowest BCUT2D eigenvalue weighted by molar-refractivity contribution is 0.323. The molecule has 0 aliphatic rings. The van der Waals surface area contributed by atoms with Gasteiger partial charge in [0.05, 0.1) is 12.3 Å². The van der Waals surface area contributed by atoms with Gasteiger partial charge in [0.2, 0.25) is 0 Å². The highest BCUT2D eigenvalue weighted by molar-refractivity contribution is 7.98. The molecule has 0 saturated heterocycles. The minimum atomic E-state index is -0.662. The van der Waals surface area contributed by atoms with Crippen LogP contribution in [-0.2, 0) is 0 Å². The second-order valence-electron chi connectivity index (χ2n) is 2.65. The number of thioether (sulfide) groups is 1. The largest absolute Gasteiger partial charge is 0.490 e. The van der Waals surface area contributed by atoms with Crippen LogP contribution in [0.2, 0.25) is 0 Å². The summed E-state index contributed by atoms with van der Waals surface area (Å²) in [4.78, 5) is 0. The van der Waals surface area contributed by atoms with Crippen molar-refractivity contribution in [3.63, 3.8) is 0 Å². The van der Waals surface area contributed by atoms with Gasteiger partial charge in [0, 0.05) is 17.9 Å². The minimum Gasteiger partial charge on any atom is -0.490 e. The summed E-state index contributed by atoms with van der Waals surface area (Å²) in [6.45, 7) is 0.349. The predicted octanol–water partition coefficient (Wildman–Crippen LogP) is 2.29. The van der Waals surface area contributed by atoms with Crippen molar-refractivity contribution in [2.75, 3.05) is 24.3 Å². The van der Waals surface area contributed by atoms with Gasteiger partial charge >= 0.3 is 0 Å². The van der Waals surface area contributed by atoms with Crippen molar-refractivity contribution in [2.24, 2.45) is 0 Å². The Labute approximate surface area is 85.4 Å². The van der Waals surface area contributed by atoms with E-state index >= 15 is 0 Å². The summed E-state index contributed by atoms with van der Waals surface area (Å²) < 4.78 is 31.0. The van der Waals surface area contributed by atoms with Crippen molar-refractivity contribution in [3.05, 3.63) is 23.8 Å². The van der Waals surface area contributed by atoms with Gasteiger partial charge in [-0.05, 0) is 6.26 Å². The Balaban J connectivity index is 2.72. The number of nitrogen functional groups attached to an aromatic ring is 1. The summed E-state index contributed by atoms with van der Waals surface area (Å²) in [6.07, 6.45) is 1.91. The van der Waals surface area contributed by atoms with Gasteiger partial charge in [-0.15, -0.1) is 0 Å². The molecule has 1 rings (SSSR count). The van der Waals surface area contributed by atoms with Crippen LogP contribution in [0.15, 0.2) is 12.1 Å². The van der Waals surface area contributed by atoms with Crippen LogP contribution < -0.4 is 10.5 Å². The Hall–Kier alpha value is -0.970. The standard InChI is InChI=1S/C9H11F2NOS/c1-14-3-2-13-9-5-6(10)8(12)4-7(9)11/h4-5H,2-3,12H2,1H3. The van der Waals surface area contributed by atoms with Crippen LogP contribution in [0, 0.1) is 11.6 Å². The molecule has 0 aliphatic heterocycles. The number of benzene rings is 1. The number of nitrogens with two attached hydrogens (primary N) is 1. The number of hydrogen-bond acceptors (Lipinski definition) is 3. The van der Waals surface area contributed by atoms with Crippen LogP contribution in [0.1, 0.15) is 0 Å². The first-order chi connectivity index (χ1) is 6.65. The fraction of sp³-hybridized carbons (Fsp3) is 0.333. The maximum absolute atomic E-state index is 13.1. The van der Waals surface area contributed by atoms with Crippen molar-refractivity contribution < 1.29 is 13.5 Å². The van der Waals surface area contributed by atoms with E-state index in [1.54, 1.807) is 11.8 Å². The molecule has 78 valence electrons. The van der Waals surface area contributed by atoms with Gasteiger partial charge in [0.25, 0.3) is 0 Å². The van der Waals surface area contributed by atoms with Gasteiger partial charge < -0.3 is 10.5 Å². The highest BCUT2D eigenvalue weighted by Gasteiger charge is 2.08. The van der Waals surface area contributed by atoms with Crippen molar-refractivity contribution in [3.8, 4) is 5.75 Å². The molecule has 0 fully saturated rings. The first kappa shape index (κ1) is 11.1. The predicted molar refractivity (Wildman–Crippen MR) is 54.6 cm³/mol. The van der Waals surface area contributed by atoms with Gasteiger partial charge in [-0.2, -0.15) is 11.8 Å². The Morgan fingerprint density at radius 1 is 1.36 bits per heavy atom.